The van der Waals surface area contributed by atoms with E-state index in [9.17, 15) is 4.79 Å². The molecular weight excluding hydrogens is 340 g/mol. The van der Waals surface area contributed by atoms with Gasteiger partial charge in [0.15, 0.2) is 0 Å². The lowest BCUT2D eigenvalue weighted by Crippen LogP contribution is -2.34. The molecule has 0 bridgehead atoms. The SMILES string of the molecule is COc1cccc(Oc2ccc(NC(=O)C3CCNCC3)cc2)c1.Cl. The van der Waals surface area contributed by atoms with Crippen LogP contribution in [0.5, 0.6) is 17.2 Å². The summed E-state index contributed by atoms with van der Waals surface area (Å²) in [7, 11) is 1.62. The standard InChI is InChI=1S/C19H22N2O3.ClH/c1-23-17-3-2-4-18(13-17)24-16-7-5-15(6-8-16)21-19(22)14-9-11-20-12-10-14;/h2-8,13-14,20H,9-12H2,1H3,(H,21,22);1H. The average Bonchev–Trinajstić information content (AvgIpc) is 2.64. The van der Waals surface area contributed by atoms with Gasteiger partial charge in [0.1, 0.15) is 17.2 Å². The fourth-order valence-electron chi connectivity index (χ4n) is 2.74. The van der Waals surface area contributed by atoms with E-state index in [-0.39, 0.29) is 24.2 Å². The molecule has 0 atom stereocenters. The predicted octanol–water partition coefficient (Wildman–Crippen LogP) is 3.85. The topological polar surface area (TPSA) is 59.6 Å². The molecular formula is C19H23ClN2O3. The Kier molecular flexibility index (Phi) is 7.10. The number of carbonyl (C=O) groups is 1. The molecule has 134 valence electrons. The van der Waals surface area contributed by atoms with E-state index in [4.69, 9.17) is 9.47 Å². The van der Waals surface area contributed by atoms with Crippen molar-refractivity contribution in [3.8, 4) is 17.2 Å². The maximum Gasteiger partial charge on any atom is 0.227 e. The van der Waals surface area contributed by atoms with Gasteiger partial charge in [-0.15, -0.1) is 12.4 Å². The first-order chi connectivity index (χ1) is 11.7. The van der Waals surface area contributed by atoms with E-state index in [1.165, 1.54) is 0 Å². The summed E-state index contributed by atoms with van der Waals surface area (Å²) in [6.07, 6.45) is 1.78. The zero-order valence-electron chi connectivity index (χ0n) is 14.2. The molecule has 6 heteroatoms. The Morgan fingerprint density at radius 3 is 2.40 bits per heavy atom. The molecule has 0 aromatic heterocycles. The van der Waals surface area contributed by atoms with Crippen molar-refractivity contribution in [1.82, 2.24) is 5.32 Å². The third kappa shape index (κ3) is 5.37. The van der Waals surface area contributed by atoms with Crippen molar-refractivity contribution >= 4 is 24.0 Å². The first-order valence-electron chi connectivity index (χ1n) is 8.18. The number of piperidine rings is 1. The summed E-state index contributed by atoms with van der Waals surface area (Å²) in [5.41, 5.74) is 0.788. The highest BCUT2D eigenvalue weighted by Crippen LogP contribution is 2.26. The van der Waals surface area contributed by atoms with Crippen LogP contribution in [0.2, 0.25) is 0 Å². The van der Waals surface area contributed by atoms with Crippen LogP contribution >= 0.6 is 12.4 Å². The van der Waals surface area contributed by atoms with Crippen LogP contribution in [0.25, 0.3) is 0 Å². The van der Waals surface area contributed by atoms with E-state index < -0.39 is 0 Å². The third-order valence-electron chi connectivity index (χ3n) is 4.11. The van der Waals surface area contributed by atoms with Gasteiger partial charge in [0, 0.05) is 17.7 Å². The Morgan fingerprint density at radius 2 is 1.72 bits per heavy atom. The Hall–Kier alpha value is -2.24. The largest absolute Gasteiger partial charge is 0.497 e. The monoisotopic (exact) mass is 362 g/mol. The van der Waals surface area contributed by atoms with Gasteiger partial charge in [-0.3, -0.25) is 4.79 Å². The maximum atomic E-state index is 12.2. The fraction of sp³-hybridized carbons (Fsp3) is 0.316. The lowest BCUT2D eigenvalue weighted by Gasteiger charge is -2.21. The molecule has 0 unspecified atom stereocenters. The molecule has 0 saturated carbocycles. The first kappa shape index (κ1) is 19.1. The normalized spacial score (nSPS) is 14.3. The van der Waals surface area contributed by atoms with E-state index in [1.807, 2.05) is 48.5 Å². The highest BCUT2D eigenvalue weighted by molar-refractivity contribution is 5.92. The van der Waals surface area contributed by atoms with Crippen molar-refractivity contribution in [2.45, 2.75) is 12.8 Å². The van der Waals surface area contributed by atoms with E-state index in [1.54, 1.807) is 7.11 Å². The number of hydrogen-bond acceptors (Lipinski definition) is 4. The summed E-state index contributed by atoms with van der Waals surface area (Å²) < 4.78 is 11.0. The molecule has 1 heterocycles. The van der Waals surface area contributed by atoms with Crippen molar-refractivity contribution < 1.29 is 14.3 Å². The van der Waals surface area contributed by atoms with Crippen LogP contribution in [-0.2, 0) is 4.79 Å². The number of ether oxygens (including phenoxy) is 2. The van der Waals surface area contributed by atoms with E-state index in [0.717, 1.165) is 37.4 Å². The van der Waals surface area contributed by atoms with Crippen molar-refractivity contribution in [2.75, 3.05) is 25.5 Å². The molecule has 0 aliphatic carbocycles. The van der Waals surface area contributed by atoms with Gasteiger partial charge in [-0.2, -0.15) is 0 Å². The van der Waals surface area contributed by atoms with E-state index in [0.29, 0.717) is 11.5 Å². The number of methoxy groups -OCH3 is 1. The molecule has 2 aromatic rings. The minimum atomic E-state index is 0. The average molecular weight is 363 g/mol. The van der Waals surface area contributed by atoms with Crippen LogP contribution in [0.4, 0.5) is 5.69 Å². The van der Waals surface area contributed by atoms with Crippen LogP contribution in [0.15, 0.2) is 48.5 Å². The first-order valence-corrected chi connectivity index (χ1v) is 8.18. The van der Waals surface area contributed by atoms with Crippen LogP contribution in [0, 0.1) is 5.92 Å². The smallest absolute Gasteiger partial charge is 0.227 e. The highest BCUT2D eigenvalue weighted by atomic mass is 35.5. The Morgan fingerprint density at radius 1 is 1.04 bits per heavy atom. The Balaban J connectivity index is 0.00000225. The number of nitrogens with one attached hydrogen (secondary N) is 2. The molecule has 0 spiro atoms. The van der Waals surface area contributed by atoms with Crippen LogP contribution in [0.1, 0.15) is 12.8 Å². The molecule has 0 radical (unpaired) electrons. The van der Waals surface area contributed by atoms with Crippen molar-refractivity contribution in [2.24, 2.45) is 5.92 Å². The van der Waals surface area contributed by atoms with Gasteiger partial charge in [0.2, 0.25) is 5.91 Å². The summed E-state index contributed by atoms with van der Waals surface area (Å²) in [5.74, 6) is 2.36. The minimum absolute atomic E-state index is 0. The number of halogens is 1. The second kappa shape index (κ2) is 9.30. The summed E-state index contributed by atoms with van der Waals surface area (Å²) in [5, 5.41) is 6.25. The van der Waals surface area contributed by atoms with Gasteiger partial charge < -0.3 is 20.1 Å². The Bertz CT molecular complexity index is 685. The Labute approximate surface area is 154 Å². The molecule has 3 rings (SSSR count). The van der Waals surface area contributed by atoms with Gasteiger partial charge in [-0.05, 0) is 62.3 Å². The maximum absolute atomic E-state index is 12.2. The number of carbonyl (C=O) groups excluding carboxylic acids is 1. The van der Waals surface area contributed by atoms with Crippen LogP contribution in [-0.4, -0.2) is 26.1 Å². The predicted molar refractivity (Wildman–Crippen MR) is 101 cm³/mol. The van der Waals surface area contributed by atoms with Gasteiger partial charge in [0.05, 0.1) is 7.11 Å². The van der Waals surface area contributed by atoms with Gasteiger partial charge in [0.25, 0.3) is 0 Å². The number of hydrogen-bond donors (Lipinski definition) is 2. The number of amides is 1. The molecule has 2 N–H and O–H groups in total. The molecule has 1 amide bonds. The third-order valence-corrected chi connectivity index (χ3v) is 4.11. The fourth-order valence-corrected chi connectivity index (χ4v) is 2.74. The van der Waals surface area contributed by atoms with Gasteiger partial charge in [-0.25, -0.2) is 0 Å². The van der Waals surface area contributed by atoms with Gasteiger partial charge in [-0.1, -0.05) is 6.07 Å². The quantitative estimate of drug-likeness (QED) is 0.848. The molecule has 5 nitrogen and oxygen atoms in total. The zero-order valence-corrected chi connectivity index (χ0v) is 15.0. The summed E-state index contributed by atoms with van der Waals surface area (Å²) in [6.45, 7) is 1.82. The number of anilines is 1. The summed E-state index contributed by atoms with van der Waals surface area (Å²) in [4.78, 5) is 12.2. The lowest BCUT2D eigenvalue weighted by molar-refractivity contribution is -0.120. The lowest BCUT2D eigenvalue weighted by atomic mass is 9.97. The van der Waals surface area contributed by atoms with Crippen LogP contribution in [0.3, 0.4) is 0 Å². The highest BCUT2D eigenvalue weighted by Gasteiger charge is 2.20. The molecule has 25 heavy (non-hydrogen) atoms. The molecule has 1 aliphatic rings. The van der Waals surface area contributed by atoms with Crippen molar-refractivity contribution in [3.05, 3.63) is 48.5 Å². The molecule has 1 fully saturated rings. The number of rotatable bonds is 5. The van der Waals surface area contributed by atoms with Gasteiger partial charge >= 0.3 is 0 Å². The summed E-state index contributed by atoms with van der Waals surface area (Å²) >= 11 is 0. The molecule has 1 saturated heterocycles. The number of benzene rings is 2. The van der Waals surface area contributed by atoms with Crippen molar-refractivity contribution in [3.63, 3.8) is 0 Å². The summed E-state index contributed by atoms with van der Waals surface area (Å²) in [6, 6.07) is 14.8. The van der Waals surface area contributed by atoms with E-state index in [2.05, 4.69) is 10.6 Å². The zero-order chi connectivity index (χ0) is 16.8. The van der Waals surface area contributed by atoms with Crippen LogP contribution < -0.4 is 20.1 Å². The second-order valence-electron chi connectivity index (χ2n) is 5.82. The second-order valence-corrected chi connectivity index (χ2v) is 5.82. The molecule has 1 aliphatic heterocycles. The van der Waals surface area contributed by atoms with E-state index >= 15 is 0 Å². The minimum Gasteiger partial charge on any atom is -0.497 e. The molecule has 2 aromatic carbocycles. The van der Waals surface area contributed by atoms with Crippen molar-refractivity contribution in [1.29, 1.82) is 0 Å².